The van der Waals surface area contributed by atoms with Gasteiger partial charge in [-0.1, -0.05) is 24.3 Å². The first-order valence-corrected chi connectivity index (χ1v) is 5.92. The van der Waals surface area contributed by atoms with Crippen LogP contribution in [0.1, 0.15) is 27.6 Å². The fourth-order valence-electron chi connectivity index (χ4n) is 2.19. The highest BCUT2D eigenvalue weighted by molar-refractivity contribution is 6.30. The van der Waals surface area contributed by atoms with Crippen molar-refractivity contribution in [1.29, 1.82) is 0 Å². The smallest absolute Gasteiger partial charge is 0.336 e. The lowest BCUT2D eigenvalue weighted by atomic mass is 9.81. The summed E-state index contributed by atoms with van der Waals surface area (Å²) < 4.78 is 0. The molecule has 0 aromatic heterocycles. The minimum absolute atomic E-state index is 0.0700. The summed E-state index contributed by atoms with van der Waals surface area (Å²) in [6, 6.07) is 6.01. The molecule has 0 spiro atoms. The minimum atomic E-state index is -1.58. The molecule has 0 atom stereocenters. The Morgan fingerprint density at radius 1 is 1.00 bits per heavy atom. The number of aliphatic carboxylic acids is 2. The van der Waals surface area contributed by atoms with Gasteiger partial charge in [0.25, 0.3) is 0 Å². The number of Topliss-reactive ketones (excluding diaryl/α,β-unsaturated/α-hetero) is 2. The number of fused-ring (bicyclic) bond motifs is 1. The summed E-state index contributed by atoms with van der Waals surface area (Å²) in [4.78, 5) is 46.6. The lowest BCUT2D eigenvalue weighted by Gasteiger charge is -2.19. The molecule has 106 valence electrons. The monoisotopic (exact) mass is 286 g/mol. The Labute approximate surface area is 119 Å². The molecule has 0 unspecified atom stereocenters. The van der Waals surface area contributed by atoms with E-state index >= 15 is 0 Å². The molecule has 1 aromatic rings. The van der Waals surface area contributed by atoms with E-state index in [9.17, 15) is 19.2 Å². The maximum Gasteiger partial charge on any atom is 0.336 e. The molecule has 6 nitrogen and oxygen atoms in total. The van der Waals surface area contributed by atoms with Gasteiger partial charge in [0, 0.05) is 28.3 Å². The van der Waals surface area contributed by atoms with Gasteiger partial charge in [-0.15, -0.1) is 0 Å². The number of ketones is 2. The van der Waals surface area contributed by atoms with Crippen LogP contribution >= 0.6 is 0 Å². The highest BCUT2D eigenvalue weighted by atomic mass is 16.4. The maximum atomic E-state index is 12.4. The summed E-state index contributed by atoms with van der Waals surface area (Å²) in [5.74, 6) is -4.24. The molecule has 2 rings (SSSR count). The number of carbonyl (C=O) groups is 4. The molecule has 1 aromatic carbocycles. The van der Waals surface area contributed by atoms with Crippen molar-refractivity contribution in [3.63, 3.8) is 0 Å². The van der Waals surface area contributed by atoms with Gasteiger partial charge in [-0.25, -0.2) is 9.59 Å². The van der Waals surface area contributed by atoms with Crippen molar-refractivity contribution < 1.29 is 29.4 Å². The highest BCUT2D eigenvalue weighted by Gasteiger charge is 2.33. The number of hydrogen-bond acceptors (Lipinski definition) is 4. The minimum Gasteiger partial charge on any atom is -0.478 e. The number of carboxylic acids is 2. The van der Waals surface area contributed by atoms with Gasteiger partial charge >= 0.3 is 11.9 Å². The van der Waals surface area contributed by atoms with E-state index in [1.54, 1.807) is 12.1 Å². The molecule has 6 heteroatoms. The van der Waals surface area contributed by atoms with Crippen molar-refractivity contribution >= 4 is 23.5 Å². The molecule has 0 heterocycles. The quantitative estimate of drug-likeness (QED) is 0.814. The Bertz CT molecular complexity index is 751. The summed E-state index contributed by atoms with van der Waals surface area (Å²) in [6.07, 6.45) is 0.417. The largest absolute Gasteiger partial charge is 0.478 e. The fraction of sp³-hybridized carbons (Fsp3) is 0.0667. The number of rotatable bonds is 3. The van der Waals surface area contributed by atoms with E-state index < -0.39 is 29.1 Å². The van der Waals surface area contributed by atoms with Gasteiger partial charge in [0.1, 0.15) is 0 Å². The first-order chi connectivity index (χ1) is 9.84. The first-order valence-electron chi connectivity index (χ1n) is 5.92. The van der Waals surface area contributed by atoms with E-state index in [1.165, 1.54) is 19.1 Å². The van der Waals surface area contributed by atoms with Crippen molar-refractivity contribution in [2.75, 3.05) is 0 Å². The highest BCUT2D eigenvalue weighted by Crippen LogP contribution is 2.30. The van der Waals surface area contributed by atoms with Gasteiger partial charge < -0.3 is 10.2 Å². The van der Waals surface area contributed by atoms with Gasteiger partial charge in [0.05, 0.1) is 5.57 Å². The average molecular weight is 286 g/mol. The van der Waals surface area contributed by atoms with Crippen LogP contribution in [0.15, 0.2) is 47.1 Å². The van der Waals surface area contributed by atoms with Gasteiger partial charge in [-0.2, -0.15) is 0 Å². The van der Waals surface area contributed by atoms with Crippen molar-refractivity contribution in [3.8, 4) is 0 Å². The molecule has 0 fully saturated rings. The third-order valence-electron chi connectivity index (χ3n) is 3.13. The molecular weight excluding hydrogens is 276 g/mol. The first kappa shape index (κ1) is 14.4. The Balaban J connectivity index is 2.72. The van der Waals surface area contributed by atoms with E-state index in [1.807, 2.05) is 0 Å². The molecule has 2 N–H and O–H groups in total. The molecule has 1 aliphatic rings. The molecule has 0 radical (unpaired) electrons. The normalized spacial score (nSPS) is 15.0. The second-order valence-corrected chi connectivity index (χ2v) is 4.41. The van der Waals surface area contributed by atoms with Crippen molar-refractivity contribution in [2.45, 2.75) is 6.92 Å². The van der Waals surface area contributed by atoms with E-state index in [2.05, 4.69) is 0 Å². The molecule has 0 amide bonds. The third-order valence-corrected chi connectivity index (χ3v) is 3.13. The van der Waals surface area contributed by atoms with Gasteiger partial charge in [-0.05, 0) is 6.92 Å². The molecule has 0 bridgehead atoms. The van der Waals surface area contributed by atoms with Crippen molar-refractivity contribution in [1.82, 2.24) is 0 Å². The standard InChI is InChI=1S/C15H10O6/c1-7-12(10(15(20)21)6-11(16)17)14(19)9-5-3-2-4-8(9)13(7)18/h2-6H,1H3,(H,16,17)(H,20,21)/b10-6+. The third kappa shape index (κ3) is 2.38. The van der Waals surface area contributed by atoms with Crippen molar-refractivity contribution in [3.05, 3.63) is 58.2 Å². The predicted octanol–water partition coefficient (Wildman–Crippen LogP) is 1.48. The van der Waals surface area contributed by atoms with E-state index in [4.69, 9.17) is 10.2 Å². The number of carboxylic acid groups (broad SMARTS) is 2. The summed E-state index contributed by atoms with van der Waals surface area (Å²) in [5.41, 5.74) is -0.903. The molecule has 0 saturated carbocycles. The van der Waals surface area contributed by atoms with E-state index in [0.29, 0.717) is 6.08 Å². The van der Waals surface area contributed by atoms with Gasteiger partial charge in [-0.3, -0.25) is 9.59 Å². The summed E-state index contributed by atoms with van der Waals surface area (Å²) >= 11 is 0. The zero-order valence-corrected chi connectivity index (χ0v) is 10.9. The van der Waals surface area contributed by atoms with Crippen LogP contribution in [0.3, 0.4) is 0 Å². The summed E-state index contributed by atoms with van der Waals surface area (Å²) in [5, 5.41) is 17.9. The van der Waals surface area contributed by atoms with Crippen LogP contribution < -0.4 is 0 Å². The van der Waals surface area contributed by atoms with Gasteiger partial charge in [0.15, 0.2) is 11.6 Å². The number of allylic oxidation sites excluding steroid dienone is 1. The topological polar surface area (TPSA) is 109 Å². The van der Waals surface area contributed by atoms with E-state index in [0.717, 1.165) is 0 Å². The fourth-order valence-corrected chi connectivity index (χ4v) is 2.19. The second kappa shape index (κ2) is 5.16. The predicted molar refractivity (Wildman–Crippen MR) is 71.2 cm³/mol. The molecular formula is C15H10O6. The molecule has 0 aliphatic heterocycles. The zero-order chi connectivity index (χ0) is 15.7. The van der Waals surface area contributed by atoms with Crippen LogP contribution in [0, 0.1) is 0 Å². The Hall–Kier alpha value is -3.02. The summed E-state index contributed by atoms with van der Waals surface area (Å²) in [7, 11) is 0. The number of benzene rings is 1. The van der Waals surface area contributed by atoms with Crippen LogP contribution in [-0.2, 0) is 9.59 Å². The zero-order valence-electron chi connectivity index (χ0n) is 10.9. The molecule has 21 heavy (non-hydrogen) atoms. The lowest BCUT2D eigenvalue weighted by molar-refractivity contribution is -0.134. The average Bonchev–Trinajstić information content (AvgIpc) is 2.43. The van der Waals surface area contributed by atoms with Crippen LogP contribution in [0.4, 0.5) is 0 Å². The number of carbonyl (C=O) groups excluding carboxylic acids is 2. The van der Waals surface area contributed by atoms with Crippen molar-refractivity contribution in [2.24, 2.45) is 0 Å². The lowest BCUT2D eigenvalue weighted by Crippen LogP contribution is -2.24. The summed E-state index contributed by atoms with van der Waals surface area (Å²) in [6.45, 7) is 1.31. The Kier molecular flexibility index (Phi) is 3.54. The second-order valence-electron chi connectivity index (χ2n) is 4.41. The SMILES string of the molecule is CC1=C(/C(=C\C(=O)O)C(=O)O)C(=O)c2ccccc2C1=O. The van der Waals surface area contributed by atoms with Crippen LogP contribution in [0.2, 0.25) is 0 Å². The van der Waals surface area contributed by atoms with Crippen LogP contribution in [0.25, 0.3) is 0 Å². The Morgan fingerprint density at radius 2 is 1.52 bits per heavy atom. The van der Waals surface area contributed by atoms with Crippen LogP contribution in [-0.4, -0.2) is 33.7 Å². The van der Waals surface area contributed by atoms with Gasteiger partial charge in [0.2, 0.25) is 0 Å². The van der Waals surface area contributed by atoms with E-state index in [-0.39, 0.29) is 22.3 Å². The molecule has 1 aliphatic carbocycles. The van der Waals surface area contributed by atoms with Crippen LogP contribution in [0.5, 0.6) is 0 Å². The number of hydrogen-bond donors (Lipinski definition) is 2. The molecule has 0 saturated heterocycles. The Morgan fingerprint density at radius 3 is 2.00 bits per heavy atom. The maximum absolute atomic E-state index is 12.4.